The molecule has 1 amide bonds. The van der Waals surface area contributed by atoms with Gasteiger partial charge in [0.15, 0.2) is 5.69 Å². The molecule has 0 atom stereocenters. The Bertz CT molecular complexity index is 526. The molecule has 0 saturated heterocycles. The SMILES string of the molecule is CCC.CCc1nc(C(N)=O)c2n1CCN(CCC(F)(F)F)C2. The number of hydrogen-bond donors (Lipinski definition) is 1. The number of rotatable bonds is 4. The number of nitrogens with two attached hydrogens (primary N) is 1. The van der Waals surface area contributed by atoms with Crippen LogP contribution >= 0.6 is 0 Å². The zero-order valence-corrected chi connectivity index (χ0v) is 13.9. The van der Waals surface area contributed by atoms with E-state index in [2.05, 4.69) is 18.8 Å². The fourth-order valence-corrected chi connectivity index (χ4v) is 2.44. The minimum absolute atomic E-state index is 0.0751. The normalized spacial score (nSPS) is 14.9. The number of aryl methyl sites for hydroxylation is 1. The van der Waals surface area contributed by atoms with Crippen molar-refractivity contribution in [3.05, 3.63) is 17.2 Å². The lowest BCUT2D eigenvalue weighted by Crippen LogP contribution is -2.37. The van der Waals surface area contributed by atoms with Gasteiger partial charge in [0.2, 0.25) is 0 Å². The Hall–Kier alpha value is -1.57. The molecular weight excluding hydrogens is 309 g/mol. The number of carbonyl (C=O) groups excluding carboxylic acids is 1. The third-order valence-electron chi connectivity index (χ3n) is 3.43. The van der Waals surface area contributed by atoms with Gasteiger partial charge in [0.05, 0.1) is 12.1 Å². The third-order valence-corrected chi connectivity index (χ3v) is 3.43. The number of aromatic nitrogens is 2. The largest absolute Gasteiger partial charge is 0.390 e. The Morgan fingerprint density at radius 2 is 1.87 bits per heavy atom. The lowest BCUT2D eigenvalue weighted by molar-refractivity contribution is -0.138. The first-order valence-electron chi connectivity index (χ1n) is 7.90. The summed E-state index contributed by atoms with van der Waals surface area (Å²) in [5, 5.41) is 0. The molecule has 0 saturated carbocycles. The van der Waals surface area contributed by atoms with Crippen LogP contribution in [0.2, 0.25) is 0 Å². The molecule has 0 aliphatic carbocycles. The lowest BCUT2D eigenvalue weighted by Gasteiger charge is -2.29. The summed E-state index contributed by atoms with van der Waals surface area (Å²) in [5.41, 5.74) is 6.09. The first kappa shape index (κ1) is 19.5. The van der Waals surface area contributed by atoms with E-state index in [-0.39, 0.29) is 18.8 Å². The maximum atomic E-state index is 12.3. The molecule has 1 aromatic rings. The number of carbonyl (C=O) groups is 1. The van der Waals surface area contributed by atoms with Crippen molar-refractivity contribution in [2.45, 2.75) is 59.3 Å². The molecule has 2 rings (SSSR count). The van der Waals surface area contributed by atoms with Crippen molar-refractivity contribution < 1.29 is 18.0 Å². The highest BCUT2D eigenvalue weighted by Gasteiger charge is 2.30. The second-order valence-corrected chi connectivity index (χ2v) is 5.54. The first-order chi connectivity index (χ1) is 10.7. The van der Waals surface area contributed by atoms with E-state index in [4.69, 9.17) is 5.73 Å². The van der Waals surface area contributed by atoms with Crippen LogP contribution in [0.1, 0.15) is 55.6 Å². The quantitative estimate of drug-likeness (QED) is 0.921. The maximum absolute atomic E-state index is 12.3. The Morgan fingerprint density at radius 1 is 1.26 bits per heavy atom. The molecule has 23 heavy (non-hydrogen) atoms. The summed E-state index contributed by atoms with van der Waals surface area (Å²) in [6.07, 6.45) is -3.12. The number of nitrogens with zero attached hydrogens (tertiary/aromatic N) is 3. The van der Waals surface area contributed by atoms with Gasteiger partial charge in [-0.2, -0.15) is 13.2 Å². The Labute approximate surface area is 134 Å². The zero-order chi connectivity index (χ0) is 17.6. The van der Waals surface area contributed by atoms with Crippen LogP contribution in [0, 0.1) is 0 Å². The molecule has 1 aliphatic rings. The fourth-order valence-electron chi connectivity index (χ4n) is 2.44. The predicted octanol–water partition coefficient (Wildman–Crippen LogP) is 2.73. The Kier molecular flexibility index (Phi) is 7.05. The van der Waals surface area contributed by atoms with Crippen molar-refractivity contribution in [3.63, 3.8) is 0 Å². The minimum atomic E-state index is -4.17. The summed E-state index contributed by atoms with van der Waals surface area (Å²) in [7, 11) is 0. The van der Waals surface area contributed by atoms with Gasteiger partial charge in [-0.15, -0.1) is 0 Å². The van der Waals surface area contributed by atoms with Crippen LogP contribution in [0.3, 0.4) is 0 Å². The summed E-state index contributed by atoms with van der Waals surface area (Å²) >= 11 is 0. The van der Waals surface area contributed by atoms with Gasteiger partial charge in [0.1, 0.15) is 5.82 Å². The van der Waals surface area contributed by atoms with Gasteiger partial charge in [-0.1, -0.05) is 27.2 Å². The summed E-state index contributed by atoms with van der Waals surface area (Å²) in [5.74, 6) is 0.121. The molecule has 0 aromatic carbocycles. The number of imidazole rings is 1. The second-order valence-electron chi connectivity index (χ2n) is 5.54. The van der Waals surface area contributed by atoms with Crippen LogP contribution in [0.5, 0.6) is 0 Å². The van der Waals surface area contributed by atoms with Crippen molar-refractivity contribution in [1.29, 1.82) is 0 Å². The van der Waals surface area contributed by atoms with E-state index in [1.807, 2.05) is 11.5 Å². The van der Waals surface area contributed by atoms with Crippen molar-refractivity contribution in [2.75, 3.05) is 13.1 Å². The van der Waals surface area contributed by atoms with Gasteiger partial charge in [-0.05, 0) is 0 Å². The molecule has 132 valence electrons. The molecule has 2 N–H and O–H groups in total. The van der Waals surface area contributed by atoms with Gasteiger partial charge in [-0.25, -0.2) is 4.98 Å². The van der Waals surface area contributed by atoms with Crippen molar-refractivity contribution in [1.82, 2.24) is 14.5 Å². The number of alkyl halides is 3. The molecule has 5 nitrogen and oxygen atoms in total. The molecule has 0 spiro atoms. The van der Waals surface area contributed by atoms with E-state index in [9.17, 15) is 18.0 Å². The minimum Gasteiger partial charge on any atom is -0.364 e. The van der Waals surface area contributed by atoms with E-state index in [0.717, 1.165) is 5.82 Å². The molecule has 1 aromatic heterocycles. The molecule has 0 radical (unpaired) electrons. The molecule has 0 fully saturated rings. The average molecular weight is 334 g/mol. The number of halogens is 3. The highest BCUT2D eigenvalue weighted by Crippen LogP contribution is 2.23. The van der Waals surface area contributed by atoms with Gasteiger partial charge in [-0.3, -0.25) is 9.69 Å². The predicted molar refractivity (Wildman–Crippen MR) is 82.0 cm³/mol. The van der Waals surface area contributed by atoms with Crippen LogP contribution in [0.4, 0.5) is 13.2 Å². The number of hydrogen-bond acceptors (Lipinski definition) is 3. The van der Waals surface area contributed by atoms with Gasteiger partial charge in [0.25, 0.3) is 5.91 Å². The smallest absolute Gasteiger partial charge is 0.364 e. The number of primary amides is 1. The van der Waals surface area contributed by atoms with E-state index in [1.54, 1.807) is 4.90 Å². The fraction of sp³-hybridized carbons (Fsp3) is 0.733. The standard InChI is InChI=1S/C12H17F3N4O.C3H8/c1-2-9-17-10(11(16)20)8-7-18(5-6-19(8)9)4-3-12(13,14)15;1-3-2/h2-7H2,1H3,(H2,16,20);3H2,1-2H3. The van der Waals surface area contributed by atoms with Gasteiger partial charge >= 0.3 is 6.18 Å². The van der Waals surface area contributed by atoms with Crippen molar-refractivity contribution in [2.24, 2.45) is 5.73 Å². The molecule has 0 bridgehead atoms. The lowest BCUT2D eigenvalue weighted by atomic mass is 10.2. The highest BCUT2D eigenvalue weighted by atomic mass is 19.4. The molecule has 8 heteroatoms. The summed E-state index contributed by atoms with van der Waals surface area (Å²) < 4.78 is 38.7. The van der Waals surface area contributed by atoms with Crippen LogP contribution in [0.15, 0.2) is 0 Å². The highest BCUT2D eigenvalue weighted by molar-refractivity contribution is 5.92. The topological polar surface area (TPSA) is 64.1 Å². The maximum Gasteiger partial charge on any atom is 0.390 e. The summed E-state index contributed by atoms with van der Waals surface area (Å²) in [4.78, 5) is 17.2. The van der Waals surface area contributed by atoms with Crippen LogP contribution in [0.25, 0.3) is 0 Å². The first-order valence-corrected chi connectivity index (χ1v) is 7.90. The van der Waals surface area contributed by atoms with Crippen LogP contribution < -0.4 is 5.73 Å². The molecule has 0 unspecified atom stereocenters. The van der Waals surface area contributed by atoms with E-state index in [0.29, 0.717) is 25.2 Å². The van der Waals surface area contributed by atoms with Crippen molar-refractivity contribution >= 4 is 5.91 Å². The van der Waals surface area contributed by atoms with Gasteiger partial charge < -0.3 is 10.3 Å². The molecular formula is C15H25F3N4O. The van der Waals surface area contributed by atoms with E-state index >= 15 is 0 Å². The van der Waals surface area contributed by atoms with Crippen LogP contribution in [-0.2, 0) is 19.5 Å². The third kappa shape index (κ3) is 5.53. The molecule has 1 aliphatic heterocycles. The van der Waals surface area contributed by atoms with Crippen molar-refractivity contribution in [3.8, 4) is 0 Å². The number of fused-ring (bicyclic) bond motifs is 1. The Balaban J connectivity index is 0.000000816. The van der Waals surface area contributed by atoms with E-state index in [1.165, 1.54) is 6.42 Å². The Morgan fingerprint density at radius 3 is 2.35 bits per heavy atom. The monoisotopic (exact) mass is 334 g/mol. The second kappa shape index (κ2) is 8.33. The zero-order valence-electron chi connectivity index (χ0n) is 13.9. The van der Waals surface area contributed by atoms with E-state index < -0.39 is 18.5 Å². The number of amides is 1. The summed E-state index contributed by atoms with van der Waals surface area (Å²) in [6.45, 7) is 7.42. The van der Waals surface area contributed by atoms with Gasteiger partial charge in [0, 0.05) is 32.6 Å². The molecule has 2 heterocycles. The summed E-state index contributed by atoms with van der Waals surface area (Å²) in [6, 6.07) is 0. The van der Waals surface area contributed by atoms with Crippen LogP contribution in [-0.4, -0.2) is 39.6 Å². The average Bonchev–Trinajstić information content (AvgIpc) is 2.83.